The molecule has 98 valence electrons. The lowest BCUT2D eigenvalue weighted by Crippen LogP contribution is -2.15. The Balaban J connectivity index is 2.72. The van der Waals surface area contributed by atoms with Gasteiger partial charge in [-0.15, -0.1) is 0 Å². The molecule has 0 bridgehead atoms. The molecular formula is C14H16FIO2. The molecule has 0 fully saturated rings. The second-order valence-electron chi connectivity index (χ2n) is 4.40. The summed E-state index contributed by atoms with van der Waals surface area (Å²) in [6, 6.07) is 6.98. The van der Waals surface area contributed by atoms with Gasteiger partial charge in [0.05, 0.1) is 12.2 Å². The Kier molecular flexibility index (Phi) is 5.78. The monoisotopic (exact) mass is 362 g/mol. The van der Waals surface area contributed by atoms with Crippen molar-refractivity contribution in [2.45, 2.75) is 20.0 Å². The molecule has 0 saturated heterocycles. The third-order valence-corrected chi connectivity index (χ3v) is 3.28. The fraction of sp³-hybridized carbons (Fsp3) is 0.357. The Hall–Kier alpha value is -0.910. The number of carbonyl (C=O) groups is 1. The molecule has 0 amide bonds. The van der Waals surface area contributed by atoms with E-state index in [1.165, 1.54) is 0 Å². The summed E-state index contributed by atoms with van der Waals surface area (Å²) in [5.74, 6) is -0.451. The van der Waals surface area contributed by atoms with Gasteiger partial charge in [-0.25, -0.2) is 9.18 Å². The van der Waals surface area contributed by atoms with Crippen LogP contribution in [0.15, 0.2) is 36.4 Å². The molecule has 1 atom stereocenters. The maximum Gasteiger partial charge on any atom is 0.336 e. The van der Waals surface area contributed by atoms with Crippen molar-refractivity contribution in [2.24, 2.45) is 5.92 Å². The Morgan fingerprint density at radius 3 is 2.61 bits per heavy atom. The van der Waals surface area contributed by atoms with Crippen molar-refractivity contribution < 1.29 is 13.9 Å². The van der Waals surface area contributed by atoms with Gasteiger partial charge in [0.25, 0.3) is 0 Å². The van der Waals surface area contributed by atoms with Gasteiger partial charge in [-0.1, -0.05) is 38.6 Å². The molecule has 0 spiro atoms. The molecule has 0 aliphatic heterocycles. The number of carbonyl (C=O) groups excluding carboxylic acids is 1. The van der Waals surface area contributed by atoms with Crippen molar-refractivity contribution in [3.63, 3.8) is 0 Å². The number of benzene rings is 1. The van der Waals surface area contributed by atoms with Gasteiger partial charge in [-0.2, -0.15) is 0 Å². The summed E-state index contributed by atoms with van der Waals surface area (Å²) in [6.45, 7) is 7.61. The van der Waals surface area contributed by atoms with Crippen LogP contribution in [0.5, 0.6) is 0 Å². The average molecular weight is 362 g/mol. The van der Waals surface area contributed by atoms with Gasteiger partial charge in [0.2, 0.25) is 0 Å². The molecule has 0 aliphatic carbocycles. The first-order valence-corrected chi connectivity index (χ1v) is 6.75. The van der Waals surface area contributed by atoms with E-state index >= 15 is 0 Å². The van der Waals surface area contributed by atoms with Gasteiger partial charge < -0.3 is 4.74 Å². The second-order valence-corrected chi connectivity index (χ2v) is 5.56. The summed E-state index contributed by atoms with van der Waals surface area (Å²) in [4.78, 5) is 11.6. The first-order chi connectivity index (χ1) is 8.43. The van der Waals surface area contributed by atoms with E-state index in [9.17, 15) is 9.18 Å². The summed E-state index contributed by atoms with van der Waals surface area (Å²) < 4.78 is 19.9. The van der Waals surface area contributed by atoms with Crippen molar-refractivity contribution in [2.75, 3.05) is 6.61 Å². The quantitative estimate of drug-likeness (QED) is 0.449. The molecule has 0 saturated carbocycles. The highest BCUT2D eigenvalue weighted by molar-refractivity contribution is 14.1. The summed E-state index contributed by atoms with van der Waals surface area (Å²) in [5, 5.41) is 0. The Labute approximate surface area is 120 Å². The van der Waals surface area contributed by atoms with Crippen molar-refractivity contribution >= 4 is 28.6 Å². The third kappa shape index (κ3) is 4.08. The van der Waals surface area contributed by atoms with Crippen molar-refractivity contribution in [1.29, 1.82) is 0 Å². The maximum atomic E-state index is 14.2. The second kappa shape index (κ2) is 6.87. The molecule has 0 heterocycles. The number of alkyl halides is 1. The van der Waals surface area contributed by atoms with Crippen LogP contribution in [0.25, 0.3) is 0 Å². The van der Waals surface area contributed by atoms with E-state index in [-0.39, 0.29) is 18.1 Å². The zero-order valence-electron chi connectivity index (χ0n) is 10.5. The standard InChI is InChI=1S/C14H16FIO2/c1-9(2)8-18-14(17)10(3)13(15)11-6-4-5-7-12(11)16/h4-7,9,13H,3,8H2,1-2H3. The van der Waals surface area contributed by atoms with E-state index in [1.54, 1.807) is 18.2 Å². The molecule has 1 rings (SSSR count). The van der Waals surface area contributed by atoms with Crippen LogP contribution >= 0.6 is 22.6 Å². The zero-order valence-corrected chi connectivity index (χ0v) is 12.6. The molecule has 18 heavy (non-hydrogen) atoms. The Morgan fingerprint density at radius 1 is 1.44 bits per heavy atom. The molecule has 0 aromatic heterocycles. The lowest BCUT2D eigenvalue weighted by molar-refractivity contribution is -0.140. The van der Waals surface area contributed by atoms with Gasteiger partial charge >= 0.3 is 5.97 Å². The van der Waals surface area contributed by atoms with E-state index in [4.69, 9.17) is 4.74 Å². The molecule has 1 unspecified atom stereocenters. The lowest BCUT2D eigenvalue weighted by atomic mass is 10.0. The number of rotatable bonds is 5. The highest BCUT2D eigenvalue weighted by Crippen LogP contribution is 2.29. The molecular weight excluding hydrogens is 346 g/mol. The maximum absolute atomic E-state index is 14.2. The highest BCUT2D eigenvalue weighted by atomic mass is 127. The summed E-state index contributed by atoms with van der Waals surface area (Å²) in [6.07, 6.45) is -1.52. The Bertz CT molecular complexity index is 443. The summed E-state index contributed by atoms with van der Waals surface area (Å²) in [5.41, 5.74) is 0.296. The number of halogens is 2. The van der Waals surface area contributed by atoms with Crippen LogP contribution < -0.4 is 0 Å². The first kappa shape index (κ1) is 15.1. The van der Waals surface area contributed by atoms with Gasteiger partial charge in [0.15, 0.2) is 6.17 Å². The van der Waals surface area contributed by atoms with Crippen LogP contribution in [0.2, 0.25) is 0 Å². The SMILES string of the molecule is C=C(C(=O)OCC(C)C)C(F)c1ccccc1I. The zero-order chi connectivity index (χ0) is 13.7. The molecule has 1 aromatic carbocycles. The molecule has 0 radical (unpaired) electrons. The van der Waals surface area contributed by atoms with Crippen LogP contribution in [0.3, 0.4) is 0 Å². The van der Waals surface area contributed by atoms with Crippen LogP contribution in [0.4, 0.5) is 4.39 Å². The van der Waals surface area contributed by atoms with Gasteiger partial charge in [0.1, 0.15) is 0 Å². The number of hydrogen-bond acceptors (Lipinski definition) is 2. The lowest BCUT2D eigenvalue weighted by Gasteiger charge is -2.13. The molecule has 0 aliphatic rings. The van der Waals surface area contributed by atoms with E-state index in [2.05, 4.69) is 6.58 Å². The first-order valence-electron chi connectivity index (χ1n) is 5.68. The van der Waals surface area contributed by atoms with Crippen LogP contribution in [-0.2, 0) is 9.53 Å². The van der Waals surface area contributed by atoms with E-state index in [0.29, 0.717) is 5.56 Å². The number of esters is 1. The smallest absolute Gasteiger partial charge is 0.336 e. The third-order valence-electron chi connectivity index (χ3n) is 2.29. The normalized spacial score (nSPS) is 12.3. The predicted octanol–water partition coefficient (Wildman–Crippen LogP) is 4.06. The van der Waals surface area contributed by atoms with E-state index in [0.717, 1.165) is 3.57 Å². The topological polar surface area (TPSA) is 26.3 Å². The van der Waals surface area contributed by atoms with Crippen LogP contribution in [-0.4, -0.2) is 12.6 Å². The predicted molar refractivity (Wildman–Crippen MR) is 77.9 cm³/mol. The van der Waals surface area contributed by atoms with Crippen LogP contribution in [0.1, 0.15) is 25.6 Å². The molecule has 4 heteroatoms. The average Bonchev–Trinajstić information content (AvgIpc) is 2.34. The minimum absolute atomic E-state index is 0.153. The number of ether oxygens (including phenoxy) is 1. The minimum atomic E-state index is -1.52. The largest absolute Gasteiger partial charge is 0.462 e. The fourth-order valence-corrected chi connectivity index (χ4v) is 1.97. The van der Waals surface area contributed by atoms with E-state index < -0.39 is 12.1 Å². The fourth-order valence-electron chi connectivity index (χ4n) is 1.31. The summed E-state index contributed by atoms with van der Waals surface area (Å²) >= 11 is 2.03. The van der Waals surface area contributed by atoms with Gasteiger partial charge in [-0.05, 0) is 34.6 Å². The highest BCUT2D eigenvalue weighted by Gasteiger charge is 2.23. The van der Waals surface area contributed by atoms with Crippen LogP contribution in [0, 0.1) is 9.49 Å². The minimum Gasteiger partial charge on any atom is -0.462 e. The molecule has 2 nitrogen and oxygen atoms in total. The number of hydrogen-bond donors (Lipinski definition) is 0. The Morgan fingerprint density at radius 2 is 2.06 bits per heavy atom. The summed E-state index contributed by atoms with van der Waals surface area (Å²) in [7, 11) is 0. The van der Waals surface area contributed by atoms with Crippen molar-refractivity contribution in [3.8, 4) is 0 Å². The molecule has 0 N–H and O–H groups in total. The van der Waals surface area contributed by atoms with E-state index in [1.807, 2.05) is 42.5 Å². The van der Waals surface area contributed by atoms with Gasteiger partial charge in [-0.3, -0.25) is 0 Å². The van der Waals surface area contributed by atoms with Crippen molar-refractivity contribution in [1.82, 2.24) is 0 Å². The van der Waals surface area contributed by atoms with Crippen molar-refractivity contribution in [3.05, 3.63) is 45.6 Å². The van der Waals surface area contributed by atoms with Gasteiger partial charge in [0, 0.05) is 9.13 Å². The molecule has 1 aromatic rings.